The maximum Gasteiger partial charge on any atom is 0.225 e. The van der Waals surface area contributed by atoms with Gasteiger partial charge in [-0.05, 0) is 23.9 Å². The molecule has 0 amide bonds. The van der Waals surface area contributed by atoms with E-state index in [1.807, 2.05) is 18.4 Å². The fourth-order valence-electron chi connectivity index (χ4n) is 1.74. The summed E-state index contributed by atoms with van der Waals surface area (Å²) in [6.45, 7) is 3.73. The van der Waals surface area contributed by atoms with Crippen LogP contribution in [0.3, 0.4) is 0 Å². The third-order valence-electron chi connectivity index (χ3n) is 2.95. The molecular weight excluding hydrogens is 236 g/mol. The van der Waals surface area contributed by atoms with Gasteiger partial charge in [0.1, 0.15) is 0 Å². The minimum absolute atomic E-state index is 0.0315. The molecule has 1 aliphatic rings. The average Bonchev–Trinajstić information content (AvgIpc) is 2.84. The molecule has 0 aliphatic carbocycles. The standard InChI is InChI=1S/C11H12N4OS/c1-7-2-3-17-11(7)10(16)9-6-15(14-13-9)8-4-12-5-8/h2-3,6,8,12H,4-5H2,1H3. The Labute approximate surface area is 102 Å². The van der Waals surface area contributed by atoms with Crippen molar-refractivity contribution in [1.29, 1.82) is 0 Å². The molecule has 2 aromatic heterocycles. The van der Waals surface area contributed by atoms with Crippen molar-refractivity contribution < 1.29 is 4.79 Å². The molecule has 17 heavy (non-hydrogen) atoms. The van der Waals surface area contributed by atoms with Crippen LogP contribution in [0.5, 0.6) is 0 Å². The molecule has 1 fully saturated rings. The van der Waals surface area contributed by atoms with Gasteiger partial charge >= 0.3 is 0 Å². The highest BCUT2D eigenvalue weighted by Gasteiger charge is 2.22. The first kappa shape index (κ1) is 10.6. The van der Waals surface area contributed by atoms with Crippen molar-refractivity contribution >= 4 is 17.1 Å². The summed E-state index contributed by atoms with van der Waals surface area (Å²) in [7, 11) is 0. The van der Waals surface area contributed by atoms with Crippen LogP contribution in [0, 0.1) is 6.92 Å². The SMILES string of the molecule is Cc1ccsc1C(=O)c1cn(C2CNC2)nn1. The average molecular weight is 248 g/mol. The number of aryl methyl sites for hydroxylation is 1. The molecule has 0 saturated carbocycles. The number of hydrogen-bond donors (Lipinski definition) is 1. The molecular formula is C11H12N4OS. The smallest absolute Gasteiger partial charge is 0.225 e. The van der Waals surface area contributed by atoms with Gasteiger partial charge in [0, 0.05) is 13.1 Å². The van der Waals surface area contributed by atoms with E-state index in [-0.39, 0.29) is 5.78 Å². The van der Waals surface area contributed by atoms with Gasteiger partial charge in [-0.2, -0.15) is 0 Å². The van der Waals surface area contributed by atoms with Crippen LogP contribution in [-0.4, -0.2) is 33.9 Å². The van der Waals surface area contributed by atoms with E-state index < -0.39 is 0 Å². The highest BCUT2D eigenvalue weighted by Crippen LogP contribution is 2.19. The van der Waals surface area contributed by atoms with Gasteiger partial charge in [0.2, 0.25) is 5.78 Å². The van der Waals surface area contributed by atoms with E-state index in [0.29, 0.717) is 11.7 Å². The second kappa shape index (κ2) is 4.05. The Morgan fingerprint density at radius 1 is 1.59 bits per heavy atom. The molecule has 2 aromatic rings. The number of ketones is 1. The maximum absolute atomic E-state index is 12.1. The summed E-state index contributed by atoms with van der Waals surface area (Å²) in [5, 5.41) is 13.1. The molecule has 1 N–H and O–H groups in total. The zero-order valence-electron chi connectivity index (χ0n) is 9.38. The van der Waals surface area contributed by atoms with Crippen molar-refractivity contribution in [3.8, 4) is 0 Å². The Morgan fingerprint density at radius 2 is 2.41 bits per heavy atom. The predicted molar refractivity (Wildman–Crippen MR) is 64.4 cm³/mol. The number of aromatic nitrogens is 3. The van der Waals surface area contributed by atoms with Crippen LogP contribution in [0.25, 0.3) is 0 Å². The minimum Gasteiger partial charge on any atom is -0.312 e. The van der Waals surface area contributed by atoms with E-state index in [4.69, 9.17) is 0 Å². The van der Waals surface area contributed by atoms with Gasteiger partial charge in [0.15, 0.2) is 5.69 Å². The molecule has 0 bridgehead atoms. The van der Waals surface area contributed by atoms with Crippen LogP contribution in [0.2, 0.25) is 0 Å². The van der Waals surface area contributed by atoms with Gasteiger partial charge in [-0.25, -0.2) is 4.68 Å². The van der Waals surface area contributed by atoms with Crippen LogP contribution >= 0.6 is 11.3 Å². The van der Waals surface area contributed by atoms with E-state index in [2.05, 4.69) is 15.6 Å². The molecule has 0 radical (unpaired) electrons. The first-order valence-corrected chi connectivity index (χ1v) is 6.35. The fourth-order valence-corrected chi connectivity index (χ4v) is 2.62. The predicted octanol–water partition coefficient (Wildman–Crippen LogP) is 1.02. The minimum atomic E-state index is -0.0315. The third kappa shape index (κ3) is 1.79. The summed E-state index contributed by atoms with van der Waals surface area (Å²) in [5.74, 6) is -0.0315. The van der Waals surface area contributed by atoms with Crippen molar-refractivity contribution in [1.82, 2.24) is 20.3 Å². The lowest BCUT2D eigenvalue weighted by Gasteiger charge is -2.26. The van der Waals surface area contributed by atoms with Crippen molar-refractivity contribution in [2.75, 3.05) is 13.1 Å². The van der Waals surface area contributed by atoms with Crippen molar-refractivity contribution in [3.63, 3.8) is 0 Å². The van der Waals surface area contributed by atoms with Crippen molar-refractivity contribution in [2.24, 2.45) is 0 Å². The molecule has 3 rings (SSSR count). The zero-order chi connectivity index (χ0) is 11.8. The van der Waals surface area contributed by atoms with Gasteiger partial charge in [-0.3, -0.25) is 4.79 Å². The molecule has 0 unspecified atom stereocenters. The van der Waals surface area contributed by atoms with E-state index in [9.17, 15) is 4.79 Å². The van der Waals surface area contributed by atoms with E-state index >= 15 is 0 Å². The Hall–Kier alpha value is -1.53. The van der Waals surface area contributed by atoms with Crippen LogP contribution < -0.4 is 5.32 Å². The monoisotopic (exact) mass is 248 g/mol. The quantitative estimate of drug-likeness (QED) is 0.824. The van der Waals surface area contributed by atoms with Gasteiger partial charge in [-0.1, -0.05) is 5.21 Å². The molecule has 1 saturated heterocycles. The number of nitrogens with zero attached hydrogens (tertiary/aromatic N) is 3. The van der Waals surface area contributed by atoms with Crippen molar-refractivity contribution in [2.45, 2.75) is 13.0 Å². The normalized spacial score (nSPS) is 15.8. The van der Waals surface area contributed by atoms with Gasteiger partial charge in [0.05, 0.1) is 17.1 Å². The molecule has 1 aliphatic heterocycles. The van der Waals surface area contributed by atoms with Crippen LogP contribution in [0.4, 0.5) is 0 Å². The summed E-state index contributed by atoms with van der Waals surface area (Å²) in [4.78, 5) is 12.9. The van der Waals surface area contributed by atoms with Crippen molar-refractivity contribution in [3.05, 3.63) is 33.8 Å². The van der Waals surface area contributed by atoms with E-state index in [1.165, 1.54) is 11.3 Å². The molecule has 0 spiro atoms. The number of nitrogens with one attached hydrogen (secondary N) is 1. The molecule has 0 atom stereocenters. The summed E-state index contributed by atoms with van der Waals surface area (Å²) in [6, 6.07) is 2.28. The molecule has 6 heteroatoms. The Morgan fingerprint density at radius 3 is 3.00 bits per heavy atom. The number of thiophene rings is 1. The lowest BCUT2D eigenvalue weighted by Crippen LogP contribution is -2.43. The summed E-state index contributed by atoms with van der Waals surface area (Å²) >= 11 is 1.45. The summed E-state index contributed by atoms with van der Waals surface area (Å²) in [6.07, 6.45) is 1.74. The summed E-state index contributed by atoms with van der Waals surface area (Å²) < 4.78 is 1.77. The van der Waals surface area contributed by atoms with Gasteiger partial charge in [-0.15, -0.1) is 16.4 Å². The number of carbonyl (C=O) groups excluding carboxylic acids is 1. The van der Waals surface area contributed by atoms with Crippen LogP contribution in [0.1, 0.15) is 27.0 Å². The van der Waals surface area contributed by atoms with Crippen LogP contribution in [0.15, 0.2) is 17.6 Å². The highest BCUT2D eigenvalue weighted by atomic mass is 32.1. The Balaban J connectivity index is 1.86. The maximum atomic E-state index is 12.1. The zero-order valence-corrected chi connectivity index (χ0v) is 10.2. The van der Waals surface area contributed by atoms with E-state index in [0.717, 1.165) is 23.5 Å². The first-order valence-electron chi connectivity index (χ1n) is 5.47. The lowest BCUT2D eigenvalue weighted by atomic mass is 10.1. The van der Waals surface area contributed by atoms with Gasteiger partial charge in [0.25, 0.3) is 0 Å². The number of carbonyl (C=O) groups is 1. The third-order valence-corrected chi connectivity index (χ3v) is 3.96. The second-order valence-electron chi connectivity index (χ2n) is 4.16. The highest BCUT2D eigenvalue weighted by molar-refractivity contribution is 7.12. The summed E-state index contributed by atoms with van der Waals surface area (Å²) in [5.41, 5.74) is 1.43. The molecule has 3 heterocycles. The van der Waals surface area contributed by atoms with E-state index in [1.54, 1.807) is 10.9 Å². The van der Waals surface area contributed by atoms with Gasteiger partial charge < -0.3 is 5.32 Å². The molecule has 88 valence electrons. The molecule has 5 nitrogen and oxygen atoms in total. The first-order chi connectivity index (χ1) is 8.25. The Kier molecular flexibility index (Phi) is 2.53. The number of rotatable bonds is 3. The lowest BCUT2D eigenvalue weighted by molar-refractivity contribution is 0.103. The second-order valence-corrected chi connectivity index (χ2v) is 5.07. The topological polar surface area (TPSA) is 59.8 Å². The number of hydrogen-bond acceptors (Lipinski definition) is 5. The largest absolute Gasteiger partial charge is 0.312 e. The van der Waals surface area contributed by atoms with Crippen LogP contribution in [-0.2, 0) is 0 Å². The Bertz CT molecular complexity index is 555. The fraction of sp³-hybridized carbons (Fsp3) is 0.364. The molecule has 0 aromatic carbocycles.